The molecule has 1 aromatic rings. The monoisotopic (exact) mass is 156 g/mol. The molecule has 5 nitrogen and oxygen atoms in total. The molecule has 1 heterocycles. The van der Waals surface area contributed by atoms with Crippen molar-refractivity contribution in [2.45, 2.75) is 19.4 Å². The second-order valence-corrected chi connectivity index (χ2v) is 2.76. The molecular formula is C6H12N4O. The fourth-order valence-electron chi connectivity index (χ4n) is 0.641. The minimum Gasteiger partial charge on any atom is -0.371 e. The van der Waals surface area contributed by atoms with Crippen molar-refractivity contribution in [1.29, 1.82) is 0 Å². The largest absolute Gasteiger partial charge is 0.371 e. The molecule has 0 aliphatic rings. The highest BCUT2D eigenvalue weighted by Crippen LogP contribution is 2.19. The maximum atomic E-state index is 5.32. The lowest BCUT2D eigenvalue weighted by Crippen LogP contribution is -2.21. The maximum Gasteiger partial charge on any atom is 0.239 e. The normalized spacial score (nSPS) is 11.9. The van der Waals surface area contributed by atoms with Crippen LogP contribution in [0.15, 0.2) is 0 Å². The standard InChI is InChI=1S/C6H12N4O/c1-6(2,11-3)4-8-5(7)10-9-4/h1-3H3,(H3,7,8,9,10). The SMILES string of the molecule is COC(C)(C)c1nc(N)n[nH]1. The summed E-state index contributed by atoms with van der Waals surface area (Å²) in [7, 11) is 1.61. The second kappa shape index (κ2) is 2.50. The minimum absolute atomic E-state index is 0.241. The van der Waals surface area contributed by atoms with Gasteiger partial charge in [0.25, 0.3) is 0 Å². The summed E-state index contributed by atoms with van der Waals surface area (Å²) in [5.41, 5.74) is 4.87. The summed E-state index contributed by atoms with van der Waals surface area (Å²) < 4.78 is 5.15. The van der Waals surface area contributed by atoms with E-state index < -0.39 is 5.60 Å². The number of nitrogens with two attached hydrogens (primary N) is 1. The van der Waals surface area contributed by atoms with Crippen LogP contribution in [-0.2, 0) is 10.3 Å². The zero-order chi connectivity index (χ0) is 8.48. The Morgan fingerprint density at radius 3 is 2.55 bits per heavy atom. The van der Waals surface area contributed by atoms with E-state index in [1.54, 1.807) is 7.11 Å². The highest BCUT2D eigenvalue weighted by molar-refractivity contribution is 5.15. The molecule has 0 aromatic carbocycles. The summed E-state index contributed by atoms with van der Waals surface area (Å²) in [4.78, 5) is 3.94. The first-order valence-corrected chi connectivity index (χ1v) is 3.30. The molecule has 0 saturated heterocycles. The maximum absolute atomic E-state index is 5.32. The van der Waals surface area contributed by atoms with E-state index in [1.165, 1.54) is 0 Å². The molecule has 0 aliphatic heterocycles. The van der Waals surface area contributed by atoms with Crippen LogP contribution in [0.1, 0.15) is 19.7 Å². The first-order valence-electron chi connectivity index (χ1n) is 3.30. The fraction of sp³-hybridized carbons (Fsp3) is 0.667. The number of nitrogens with zero attached hydrogens (tertiary/aromatic N) is 2. The predicted octanol–water partition coefficient (Wildman–Crippen LogP) is 0.268. The van der Waals surface area contributed by atoms with Gasteiger partial charge in [0.2, 0.25) is 5.95 Å². The predicted molar refractivity (Wildman–Crippen MR) is 40.8 cm³/mol. The lowest BCUT2D eigenvalue weighted by Gasteiger charge is -2.18. The van der Waals surface area contributed by atoms with Gasteiger partial charge in [-0.25, -0.2) is 0 Å². The smallest absolute Gasteiger partial charge is 0.239 e. The Labute approximate surface area is 65.0 Å². The molecule has 0 unspecified atom stereocenters. The van der Waals surface area contributed by atoms with Crippen LogP contribution in [0.25, 0.3) is 0 Å². The number of hydrogen-bond acceptors (Lipinski definition) is 4. The van der Waals surface area contributed by atoms with Crippen LogP contribution in [0.2, 0.25) is 0 Å². The van der Waals surface area contributed by atoms with Crippen LogP contribution in [-0.4, -0.2) is 22.3 Å². The van der Waals surface area contributed by atoms with Crippen LogP contribution in [0.5, 0.6) is 0 Å². The number of nitrogens with one attached hydrogen (secondary N) is 1. The molecule has 62 valence electrons. The minimum atomic E-state index is -0.454. The Morgan fingerprint density at radius 2 is 2.18 bits per heavy atom. The number of ether oxygens (including phenoxy) is 1. The second-order valence-electron chi connectivity index (χ2n) is 2.76. The van der Waals surface area contributed by atoms with Gasteiger partial charge in [0.05, 0.1) is 0 Å². The Morgan fingerprint density at radius 1 is 1.55 bits per heavy atom. The third kappa shape index (κ3) is 1.48. The number of aromatic amines is 1. The molecule has 0 spiro atoms. The summed E-state index contributed by atoms with van der Waals surface area (Å²) >= 11 is 0. The summed E-state index contributed by atoms with van der Waals surface area (Å²) in [6.07, 6.45) is 0. The summed E-state index contributed by atoms with van der Waals surface area (Å²) in [5.74, 6) is 0.877. The number of nitrogen functional groups attached to an aromatic ring is 1. The van der Waals surface area contributed by atoms with Crippen molar-refractivity contribution in [1.82, 2.24) is 15.2 Å². The quantitative estimate of drug-likeness (QED) is 0.644. The van der Waals surface area contributed by atoms with Crippen LogP contribution in [0.4, 0.5) is 5.95 Å². The van der Waals surface area contributed by atoms with Gasteiger partial charge in [-0.05, 0) is 13.8 Å². The van der Waals surface area contributed by atoms with Gasteiger partial charge in [-0.2, -0.15) is 4.98 Å². The van der Waals surface area contributed by atoms with Crippen LogP contribution < -0.4 is 5.73 Å². The van der Waals surface area contributed by atoms with Gasteiger partial charge < -0.3 is 10.5 Å². The zero-order valence-corrected chi connectivity index (χ0v) is 6.88. The van der Waals surface area contributed by atoms with Crippen molar-refractivity contribution in [3.8, 4) is 0 Å². The van der Waals surface area contributed by atoms with E-state index in [9.17, 15) is 0 Å². The molecule has 1 aromatic heterocycles. The van der Waals surface area contributed by atoms with Gasteiger partial charge in [0, 0.05) is 7.11 Å². The van der Waals surface area contributed by atoms with E-state index >= 15 is 0 Å². The lowest BCUT2D eigenvalue weighted by molar-refractivity contribution is 0.0118. The third-order valence-corrected chi connectivity index (χ3v) is 1.58. The topological polar surface area (TPSA) is 76.8 Å². The van der Waals surface area contributed by atoms with Crippen molar-refractivity contribution >= 4 is 5.95 Å². The molecule has 0 saturated carbocycles. The summed E-state index contributed by atoms with van der Waals surface area (Å²) in [6.45, 7) is 3.76. The molecule has 0 amide bonds. The highest BCUT2D eigenvalue weighted by atomic mass is 16.5. The van der Waals surface area contributed by atoms with Gasteiger partial charge in [0.15, 0.2) is 5.82 Å². The van der Waals surface area contributed by atoms with Crippen molar-refractivity contribution in [2.24, 2.45) is 0 Å². The Hall–Kier alpha value is -1.10. The first-order chi connectivity index (χ1) is 5.06. The number of methoxy groups -OCH3 is 1. The van der Waals surface area contributed by atoms with E-state index in [0.29, 0.717) is 5.82 Å². The molecule has 1 rings (SSSR count). The lowest BCUT2D eigenvalue weighted by atomic mass is 10.1. The number of H-pyrrole nitrogens is 1. The van der Waals surface area contributed by atoms with E-state index in [4.69, 9.17) is 10.5 Å². The molecule has 0 fully saturated rings. The van der Waals surface area contributed by atoms with Gasteiger partial charge >= 0.3 is 0 Å². The van der Waals surface area contributed by atoms with E-state index in [1.807, 2.05) is 13.8 Å². The molecule has 5 heteroatoms. The highest BCUT2D eigenvalue weighted by Gasteiger charge is 2.23. The van der Waals surface area contributed by atoms with Gasteiger partial charge in [0.1, 0.15) is 5.60 Å². The van der Waals surface area contributed by atoms with Crippen molar-refractivity contribution in [3.05, 3.63) is 5.82 Å². The van der Waals surface area contributed by atoms with Crippen molar-refractivity contribution in [2.75, 3.05) is 12.8 Å². The Bertz CT molecular complexity index is 242. The van der Waals surface area contributed by atoms with E-state index in [-0.39, 0.29) is 5.95 Å². The van der Waals surface area contributed by atoms with Crippen LogP contribution in [0, 0.1) is 0 Å². The molecule has 0 bridgehead atoms. The number of anilines is 1. The number of aromatic nitrogens is 3. The first kappa shape index (κ1) is 8.00. The summed E-state index contributed by atoms with van der Waals surface area (Å²) in [5, 5.41) is 6.38. The van der Waals surface area contributed by atoms with Crippen molar-refractivity contribution in [3.63, 3.8) is 0 Å². The average molecular weight is 156 g/mol. The Balaban J connectivity index is 2.92. The molecule has 11 heavy (non-hydrogen) atoms. The third-order valence-electron chi connectivity index (χ3n) is 1.58. The van der Waals surface area contributed by atoms with Gasteiger partial charge in [-0.3, -0.25) is 5.10 Å². The van der Waals surface area contributed by atoms with Gasteiger partial charge in [-0.1, -0.05) is 0 Å². The molecule has 0 radical (unpaired) electrons. The zero-order valence-electron chi connectivity index (χ0n) is 6.88. The van der Waals surface area contributed by atoms with E-state index in [0.717, 1.165) is 0 Å². The molecule has 0 aliphatic carbocycles. The number of rotatable bonds is 2. The number of hydrogen-bond donors (Lipinski definition) is 2. The van der Waals surface area contributed by atoms with Gasteiger partial charge in [-0.15, -0.1) is 5.10 Å². The molecule has 3 N–H and O–H groups in total. The molecular weight excluding hydrogens is 144 g/mol. The van der Waals surface area contributed by atoms with Crippen LogP contribution in [0.3, 0.4) is 0 Å². The Kier molecular flexibility index (Phi) is 1.82. The van der Waals surface area contributed by atoms with E-state index in [2.05, 4.69) is 15.2 Å². The van der Waals surface area contributed by atoms with Crippen LogP contribution >= 0.6 is 0 Å². The summed E-state index contributed by atoms with van der Waals surface area (Å²) in [6, 6.07) is 0. The average Bonchev–Trinajstić information content (AvgIpc) is 2.36. The molecule has 0 atom stereocenters. The fourth-order valence-corrected chi connectivity index (χ4v) is 0.641. The van der Waals surface area contributed by atoms with Crippen molar-refractivity contribution < 1.29 is 4.74 Å².